The first-order chi connectivity index (χ1) is 5.70. The molecule has 0 aromatic heterocycles. The lowest BCUT2D eigenvalue weighted by atomic mass is 9.71. The highest BCUT2D eigenvalue weighted by Gasteiger charge is 2.40. The minimum Gasteiger partial charge on any atom is -0.300 e. The van der Waals surface area contributed by atoms with E-state index in [1.807, 2.05) is 0 Å². The van der Waals surface area contributed by atoms with Crippen molar-refractivity contribution < 1.29 is 0 Å². The van der Waals surface area contributed by atoms with Gasteiger partial charge in [0.15, 0.2) is 0 Å². The monoisotopic (exact) mass is 167 g/mol. The summed E-state index contributed by atoms with van der Waals surface area (Å²) in [6.45, 7) is 4.75. The Bertz CT molecular complexity index is 154. The lowest BCUT2D eigenvalue weighted by molar-refractivity contribution is -0.0144. The van der Waals surface area contributed by atoms with Gasteiger partial charge in [-0.1, -0.05) is 13.8 Å². The smallest absolute Gasteiger partial charge is 0.0146 e. The summed E-state index contributed by atoms with van der Waals surface area (Å²) < 4.78 is 0. The van der Waals surface area contributed by atoms with Crippen LogP contribution in [0.25, 0.3) is 0 Å². The fourth-order valence-electron chi connectivity index (χ4n) is 3.44. The van der Waals surface area contributed by atoms with Gasteiger partial charge < -0.3 is 0 Å². The molecule has 2 aliphatic heterocycles. The fraction of sp³-hybridized carbons (Fsp3) is 1.00. The molecule has 3 aliphatic rings. The van der Waals surface area contributed by atoms with E-state index < -0.39 is 0 Å². The van der Waals surface area contributed by atoms with Crippen molar-refractivity contribution in [1.29, 1.82) is 0 Å². The zero-order valence-electron chi connectivity index (χ0n) is 8.59. The maximum Gasteiger partial charge on any atom is 0.0146 e. The van der Waals surface area contributed by atoms with E-state index in [1.54, 1.807) is 0 Å². The number of rotatable bonds is 1. The van der Waals surface area contributed by atoms with Crippen LogP contribution in [0.15, 0.2) is 0 Å². The lowest BCUT2D eigenvalue weighted by Gasteiger charge is -2.51. The summed E-state index contributed by atoms with van der Waals surface area (Å²) in [6, 6.07) is 1.81. The van der Waals surface area contributed by atoms with Crippen LogP contribution >= 0.6 is 0 Å². The zero-order chi connectivity index (χ0) is 8.72. The Labute approximate surface area is 76.1 Å². The highest BCUT2D eigenvalue weighted by Crippen LogP contribution is 2.41. The standard InChI is InChI=1S/C11H21N/c1-8(2)11-9-4-6-10(7-5-9)12(11)3/h8-11H,4-7H2,1-3H3. The van der Waals surface area contributed by atoms with Crippen LogP contribution in [-0.2, 0) is 0 Å². The summed E-state index contributed by atoms with van der Waals surface area (Å²) in [5.74, 6) is 1.86. The first kappa shape index (κ1) is 8.55. The molecular weight excluding hydrogens is 146 g/mol. The van der Waals surface area contributed by atoms with Gasteiger partial charge in [0.05, 0.1) is 0 Å². The maximum absolute atomic E-state index is 2.66. The predicted molar refractivity (Wildman–Crippen MR) is 52.1 cm³/mol. The molecule has 2 bridgehead atoms. The van der Waals surface area contributed by atoms with Crippen molar-refractivity contribution in [3.8, 4) is 0 Å². The topological polar surface area (TPSA) is 3.24 Å². The molecule has 12 heavy (non-hydrogen) atoms. The fourth-order valence-corrected chi connectivity index (χ4v) is 3.44. The van der Waals surface area contributed by atoms with E-state index >= 15 is 0 Å². The van der Waals surface area contributed by atoms with E-state index in [1.165, 1.54) is 25.7 Å². The number of nitrogens with zero attached hydrogens (tertiary/aromatic N) is 1. The molecule has 2 heterocycles. The predicted octanol–water partition coefficient (Wildman–Crippen LogP) is 2.52. The SMILES string of the molecule is CC(C)C1C2CCC(CC2)N1C. The molecule has 0 radical (unpaired) electrons. The van der Waals surface area contributed by atoms with Gasteiger partial charge in [-0.3, -0.25) is 4.90 Å². The van der Waals surface area contributed by atoms with E-state index in [0.717, 1.165) is 23.9 Å². The van der Waals surface area contributed by atoms with Crippen molar-refractivity contribution >= 4 is 0 Å². The second-order valence-electron chi connectivity index (χ2n) is 4.97. The lowest BCUT2D eigenvalue weighted by Crippen LogP contribution is -2.55. The van der Waals surface area contributed by atoms with Gasteiger partial charge >= 0.3 is 0 Å². The summed E-state index contributed by atoms with van der Waals surface area (Å²) in [6.07, 6.45) is 5.92. The number of piperidine rings is 2. The third-order valence-electron chi connectivity index (χ3n) is 3.95. The van der Waals surface area contributed by atoms with Crippen LogP contribution < -0.4 is 0 Å². The summed E-state index contributed by atoms with van der Waals surface area (Å²) >= 11 is 0. The van der Waals surface area contributed by atoms with Gasteiger partial charge in [-0.2, -0.15) is 0 Å². The van der Waals surface area contributed by atoms with Crippen molar-refractivity contribution in [2.45, 2.75) is 51.6 Å². The van der Waals surface area contributed by atoms with Crippen LogP contribution in [0, 0.1) is 11.8 Å². The van der Waals surface area contributed by atoms with Crippen molar-refractivity contribution in [2.24, 2.45) is 11.8 Å². The molecule has 0 aromatic carbocycles. The molecule has 1 heteroatoms. The van der Waals surface area contributed by atoms with Crippen LogP contribution in [-0.4, -0.2) is 24.0 Å². The summed E-state index contributed by atoms with van der Waals surface area (Å²) in [4.78, 5) is 2.66. The Morgan fingerprint density at radius 1 is 1.08 bits per heavy atom. The van der Waals surface area contributed by atoms with Crippen LogP contribution in [0.4, 0.5) is 0 Å². The van der Waals surface area contributed by atoms with Gasteiger partial charge in [-0.05, 0) is 44.6 Å². The van der Waals surface area contributed by atoms with Crippen LogP contribution in [0.3, 0.4) is 0 Å². The molecule has 2 saturated heterocycles. The van der Waals surface area contributed by atoms with Crippen molar-refractivity contribution in [3.63, 3.8) is 0 Å². The van der Waals surface area contributed by atoms with E-state index in [2.05, 4.69) is 25.8 Å². The molecule has 0 spiro atoms. The molecule has 0 aromatic rings. The molecule has 1 saturated carbocycles. The Balaban J connectivity index is 2.12. The van der Waals surface area contributed by atoms with Crippen LogP contribution in [0.2, 0.25) is 0 Å². The number of hydrogen-bond donors (Lipinski definition) is 0. The van der Waals surface area contributed by atoms with Crippen LogP contribution in [0.5, 0.6) is 0 Å². The normalized spacial score (nSPS) is 42.5. The quantitative estimate of drug-likeness (QED) is 0.580. The van der Waals surface area contributed by atoms with E-state index in [9.17, 15) is 0 Å². The van der Waals surface area contributed by atoms with Gasteiger partial charge in [0.2, 0.25) is 0 Å². The van der Waals surface area contributed by atoms with E-state index in [0.29, 0.717) is 0 Å². The Morgan fingerprint density at radius 2 is 1.67 bits per heavy atom. The third kappa shape index (κ3) is 1.19. The first-order valence-electron chi connectivity index (χ1n) is 5.42. The molecule has 0 N–H and O–H groups in total. The van der Waals surface area contributed by atoms with Crippen molar-refractivity contribution in [3.05, 3.63) is 0 Å². The highest BCUT2D eigenvalue weighted by atomic mass is 15.2. The Hall–Kier alpha value is -0.0400. The largest absolute Gasteiger partial charge is 0.300 e. The zero-order valence-corrected chi connectivity index (χ0v) is 8.59. The van der Waals surface area contributed by atoms with Gasteiger partial charge in [0, 0.05) is 12.1 Å². The number of fused-ring (bicyclic) bond motifs is 3. The molecule has 70 valence electrons. The van der Waals surface area contributed by atoms with Gasteiger partial charge in [-0.25, -0.2) is 0 Å². The molecule has 0 amide bonds. The first-order valence-corrected chi connectivity index (χ1v) is 5.42. The van der Waals surface area contributed by atoms with Gasteiger partial charge in [-0.15, -0.1) is 0 Å². The average molecular weight is 167 g/mol. The van der Waals surface area contributed by atoms with E-state index in [-0.39, 0.29) is 0 Å². The van der Waals surface area contributed by atoms with Gasteiger partial charge in [0.25, 0.3) is 0 Å². The second kappa shape index (κ2) is 3.02. The Kier molecular flexibility index (Phi) is 2.16. The van der Waals surface area contributed by atoms with E-state index in [4.69, 9.17) is 0 Å². The molecule has 3 fully saturated rings. The molecule has 3 rings (SSSR count). The van der Waals surface area contributed by atoms with Crippen LogP contribution in [0.1, 0.15) is 39.5 Å². The van der Waals surface area contributed by atoms with Crippen molar-refractivity contribution in [2.75, 3.05) is 7.05 Å². The summed E-state index contributed by atoms with van der Waals surface area (Å²) in [7, 11) is 2.33. The second-order valence-corrected chi connectivity index (χ2v) is 4.97. The maximum atomic E-state index is 2.66. The minimum atomic E-state index is 0.850. The third-order valence-corrected chi connectivity index (χ3v) is 3.95. The summed E-state index contributed by atoms with van der Waals surface area (Å²) in [5, 5.41) is 0. The molecule has 1 nitrogen and oxygen atoms in total. The van der Waals surface area contributed by atoms with Crippen molar-refractivity contribution in [1.82, 2.24) is 4.90 Å². The highest BCUT2D eigenvalue weighted by molar-refractivity contribution is 4.94. The number of hydrogen-bond acceptors (Lipinski definition) is 1. The molecule has 1 atom stereocenters. The Morgan fingerprint density at radius 3 is 2.00 bits per heavy atom. The molecule has 1 aliphatic carbocycles. The van der Waals surface area contributed by atoms with Gasteiger partial charge in [0.1, 0.15) is 0 Å². The molecular formula is C11H21N. The minimum absolute atomic E-state index is 0.850. The summed E-state index contributed by atoms with van der Waals surface area (Å²) in [5.41, 5.74) is 0. The molecule has 1 unspecified atom stereocenters. The average Bonchev–Trinajstić information content (AvgIpc) is 2.05.